The van der Waals surface area contributed by atoms with Crippen molar-refractivity contribution in [2.24, 2.45) is 11.8 Å². The van der Waals surface area contributed by atoms with Gasteiger partial charge in [0.25, 0.3) is 5.69 Å². The van der Waals surface area contributed by atoms with Crippen LogP contribution in [0.2, 0.25) is 0 Å². The maximum absolute atomic E-state index is 10.7. The van der Waals surface area contributed by atoms with Gasteiger partial charge in [-0.05, 0) is 37.7 Å². The van der Waals surface area contributed by atoms with Crippen LogP contribution in [0.15, 0.2) is 24.3 Å². The first kappa shape index (κ1) is 15.5. The van der Waals surface area contributed by atoms with Crippen molar-refractivity contribution in [3.63, 3.8) is 0 Å². The summed E-state index contributed by atoms with van der Waals surface area (Å²) in [5.41, 5.74) is 0.707. The van der Waals surface area contributed by atoms with E-state index in [-0.39, 0.29) is 24.1 Å². The maximum Gasteiger partial charge on any atom is 0.270 e. The molecule has 0 saturated heterocycles. The van der Waals surface area contributed by atoms with Crippen LogP contribution in [0.1, 0.15) is 31.2 Å². The molecule has 21 heavy (non-hydrogen) atoms. The van der Waals surface area contributed by atoms with Gasteiger partial charge in [0.05, 0.1) is 17.6 Å². The SMILES string of the molecule is O=[N+]([O-])c1cccc(C#CC2CCC(C(O)CO)CC2)c1. The lowest BCUT2D eigenvalue weighted by Crippen LogP contribution is -2.28. The van der Waals surface area contributed by atoms with Gasteiger partial charge in [-0.25, -0.2) is 0 Å². The molecule has 1 saturated carbocycles. The minimum atomic E-state index is -0.629. The minimum absolute atomic E-state index is 0.0524. The van der Waals surface area contributed by atoms with Crippen LogP contribution >= 0.6 is 0 Å². The zero-order chi connectivity index (χ0) is 15.2. The number of aliphatic hydroxyl groups excluding tert-OH is 2. The van der Waals surface area contributed by atoms with Crippen molar-refractivity contribution in [1.29, 1.82) is 0 Å². The zero-order valence-electron chi connectivity index (χ0n) is 11.7. The van der Waals surface area contributed by atoms with Crippen LogP contribution < -0.4 is 0 Å². The highest BCUT2D eigenvalue weighted by atomic mass is 16.6. The predicted molar refractivity (Wildman–Crippen MR) is 78.5 cm³/mol. The Kier molecular flexibility index (Phi) is 5.32. The molecule has 1 aromatic rings. The lowest BCUT2D eigenvalue weighted by molar-refractivity contribution is -0.384. The summed E-state index contributed by atoms with van der Waals surface area (Å²) < 4.78 is 0. The van der Waals surface area contributed by atoms with Crippen LogP contribution in [-0.4, -0.2) is 27.8 Å². The number of aliphatic hydroxyl groups is 2. The van der Waals surface area contributed by atoms with Crippen molar-refractivity contribution in [2.45, 2.75) is 31.8 Å². The van der Waals surface area contributed by atoms with Gasteiger partial charge in [0.2, 0.25) is 0 Å². The molecule has 0 aromatic heterocycles. The van der Waals surface area contributed by atoms with E-state index in [4.69, 9.17) is 5.11 Å². The molecular weight excluding hydrogens is 270 g/mol. The minimum Gasteiger partial charge on any atom is -0.394 e. The van der Waals surface area contributed by atoms with Gasteiger partial charge in [0.15, 0.2) is 0 Å². The smallest absolute Gasteiger partial charge is 0.270 e. The second-order valence-corrected chi connectivity index (χ2v) is 5.44. The number of hydrogen-bond acceptors (Lipinski definition) is 4. The van der Waals surface area contributed by atoms with Crippen molar-refractivity contribution in [2.75, 3.05) is 6.61 Å². The van der Waals surface area contributed by atoms with Crippen LogP contribution in [0.3, 0.4) is 0 Å². The summed E-state index contributed by atoms with van der Waals surface area (Å²) in [4.78, 5) is 10.3. The average molecular weight is 289 g/mol. The molecule has 0 radical (unpaired) electrons. The molecule has 1 aromatic carbocycles. The Morgan fingerprint density at radius 1 is 1.33 bits per heavy atom. The van der Waals surface area contributed by atoms with E-state index in [1.807, 2.05) is 0 Å². The van der Waals surface area contributed by atoms with Gasteiger partial charge in [-0.2, -0.15) is 0 Å². The molecule has 1 fully saturated rings. The van der Waals surface area contributed by atoms with Gasteiger partial charge < -0.3 is 10.2 Å². The second kappa shape index (κ2) is 7.21. The first-order chi connectivity index (χ1) is 10.1. The van der Waals surface area contributed by atoms with Crippen molar-refractivity contribution < 1.29 is 15.1 Å². The monoisotopic (exact) mass is 289 g/mol. The van der Waals surface area contributed by atoms with Crippen molar-refractivity contribution >= 4 is 5.69 Å². The number of rotatable bonds is 3. The van der Waals surface area contributed by atoms with E-state index in [1.54, 1.807) is 12.1 Å². The molecule has 112 valence electrons. The zero-order valence-corrected chi connectivity index (χ0v) is 11.7. The summed E-state index contributed by atoms with van der Waals surface area (Å²) in [5.74, 6) is 6.58. The molecule has 1 atom stereocenters. The van der Waals surface area contributed by atoms with E-state index < -0.39 is 11.0 Å². The summed E-state index contributed by atoms with van der Waals surface area (Å²) in [6, 6.07) is 6.33. The van der Waals surface area contributed by atoms with Gasteiger partial charge in [-0.15, -0.1) is 0 Å². The van der Waals surface area contributed by atoms with Crippen LogP contribution in [0, 0.1) is 33.8 Å². The number of hydrogen-bond donors (Lipinski definition) is 2. The third-order valence-corrected chi connectivity index (χ3v) is 3.98. The number of nitro benzene ring substituents is 1. The van der Waals surface area contributed by atoms with Crippen LogP contribution in [0.25, 0.3) is 0 Å². The highest BCUT2D eigenvalue weighted by Crippen LogP contribution is 2.30. The molecule has 2 N–H and O–H groups in total. The summed E-state index contributed by atoms with van der Waals surface area (Å²) in [6.45, 7) is -0.186. The van der Waals surface area contributed by atoms with E-state index in [2.05, 4.69) is 11.8 Å². The predicted octanol–water partition coefficient (Wildman–Crippen LogP) is 2.11. The topological polar surface area (TPSA) is 83.6 Å². The molecule has 1 aliphatic carbocycles. The molecule has 5 heteroatoms. The number of non-ortho nitro benzene ring substituents is 1. The Hall–Kier alpha value is -1.90. The summed E-state index contributed by atoms with van der Waals surface area (Å²) in [7, 11) is 0. The van der Waals surface area contributed by atoms with Crippen molar-refractivity contribution in [3.05, 3.63) is 39.9 Å². The fraction of sp³-hybridized carbons (Fsp3) is 0.500. The Morgan fingerprint density at radius 3 is 2.67 bits per heavy atom. The highest BCUT2D eigenvalue weighted by Gasteiger charge is 2.25. The van der Waals surface area contributed by atoms with Crippen LogP contribution in [0.4, 0.5) is 5.69 Å². The van der Waals surface area contributed by atoms with Crippen LogP contribution in [0.5, 0.6) is 0 Å². The normalized spacial score (nSPS) is 23.0. The lowest BCUT2D eigenvalue weighted by atomic mass is 9.80. The molecular formula is C16H19NO4. The molecule has 1 unspecified atom stereocenters. The third kappa shape index (κ3) is 4.28. The Morgan fingerprint density at radius 2 is 2.05 bits per heavy atom. The third-order valence-electron chi connectivity index (χ3n) is 3.98. The molecule has 5 nitrogen and oxygen atoms in total. The fourth-order valence-electron chi connectivity index (χ4n) is 2.68. The van der Waals surface area contributed by atoms with Gasteiger partial charge in [0.1, 0.15) is 0 Å². The maximum atomic E-state index is 10.7. The van der Waals surface area contributed by atoms with Crippen molar-refractivity contribution in [1.82, 2.24) is 0 Å². The second-order valence-electron chi connectivity index (χ2n) is 5.44. The van der Waals surface area contributed by atoms with Crippen LogP contribution in [-0.2, 0) is 0 Å². The van der Waals surface area contributed by atoms with E-state index in [9.17, 15) is 15.2 Å². The summed E-state index contributed by atoms with van der Waals surface area (Å²) >= 11 is 0. The molecule has 0 bridgehead atoms. The lowest BCUT2D eigenvalue weighted by Gasteiger charge is -2.28. The Balaban J connectivity index is 1.95. The van der Waals surface area contributed by atoms with E-state index in [1.165, 1.54) is 12.1 Å². The summed E-state index contributed by atoms with van der Waals surface area (Å²) in [5, 5.41) is 29.3. The molecule has 0 spiro atoms. The Labute approximate surface area is 123 Å². The first-order valence-corrected chi connectivity index (χ1v) is 7.15. The number of nitro groups is 1. The van der Waals surface area contributed by atoms with E-state index in [0.717, 1.165) is 25.7 Å². The van der Waals surface area contributed by atoms with E-state index >= 15 is 0 Å². The standard InChI is InChI=1S/C16H19NO4/c18-11-16(19)14-8-6-12(7-9-14)4-5-13-2-1-3-15(10-13)17(20)21/h1-3,10,12,14,16,18-19H,6-9,11H2. The Bertz CT molecular complexity index is 553. The molecule has 0 heterocycles. The molecule has 0 amide bonds. The quantitative estimate of drug-likeness (QED) is 0.507. The largest absolute Gasteiger partial charge is 0.394 e. The van der Waals surface area contributed by atoms with E-state index in [0.29, 0.717) is 5.56 Å². The molecule has 1 aliphatic rings. The summed E-state index contributed by atoms with van der Waals surface area (Å²) in [6.07, 6.45) is 2.87. The van der Waals surface area contributed by atoms with Gasteiger partial charge in [-0.3, -0.25) is 10.1 Å². The molecule has 0 aliphatic heterocycles. The van der Waals surface area contributed by atoms with Crippen molar-refractivity contribution in [3.8, 4) is 11.8 Å². The number of benzene rings is 1. The van der Waals surface area contributed by atoms with Gasteiger partial charge >= 0.3 is 0 Å². The molecule has 2 rings (SSSR count). The first-order valence-electron chi connectivity index (χ1n) is 7.15. The average Bonchev–Trinajstić information content (AvgIpc) is 2.53. The van der Waals surface area contributed by atoms with Gasteiger partial charge in [0, 0.05) is 23.6 Å². The highest BCUT2D eigenvalue weighted by molar-refractivity contribution is 5.43. The number of nitrogens with zero attached hydrogens (tertiary/aromatic N) is 1. The fourth-order valence-corrected chi connectivity index (χ4v) is 2.68. The van der Waals surface area contributed by atoms with Gasteiger partial charge in [-0.1, -0.05) is 17.9 Å².